The second kappa shape index (κ2) is 19.2. The maximum atomic E-state index is 9.29. The van der Waals surface area contributed by atoms with E-state index in [-0.39, 0.29) is 124 Å². The summed E-state index contributed by atoms with van der Waals surface area (Å²) in [4.78, 5) is 24.8. The minimum Gasteiger partial charge on any atom is -1.00 e. The second-order valence-electron chi connectivity index (χ2n) is 0.698. The first-order valence-corrected chi connectivity index (χ1v) is 1.43. The molecule has 0 unspecified atom stereocenters. The third-order valence-corrected chi connectivity index (χ3v) is 0.184. The number of hydrogen-bond acceptors (Lipinski definition) is 4. The van der Waals surface area contributed by atoms with Gasteiger partial charge in [0.25, 0.3) is 0 Å². The van der Waals surface area contributed by atoms with Gasteiger partial charge < -0.3 is 15.9 Å². The fourth-order valence-corrected chi connectivity index (χ4v) is 0.0713. The first-order chi connectivity index (χ1) is 3.63. The quantitative estimate of drug-likeness (QED) is 0.238. The molecule has 0 amide bonds. The SMILES string of the molecule is O=C(O)OOC(=O)O.[H-].[H-].[H-].[H-].[Na+].[Na+].[Na+].[Na+]. The van der Waals surface area contributed by atoms with Crippen LogP contribution in [-0.2, 0) is 9.78 Å². The monoisotopic (exact) mass is 218 g/mol. The Morgan fingerprint density at radius 3 is 1.08 bits per heavy atom. The van der Waals surface area contributed by atoms with E-state index in [0.29, 0.717) is 0 Å². The van der Waals surface area contributed by atoms with Gasteiger partial charge in [-0.3, -0.25) is 0 Å². The van der Waals surface area contributed by atoms with Crippen LogP contribution in [-0.4, -0.2) is 22.5 Å². The zero-order valence-corrected chi connectivity index (χ0v) is 15.5. The molecule has 0 bridgehead atoms. The van der Waals surface area contributed by atoms with Gasteiger partial charge >= 0.3 is 131 Å². The van der Waals surface area contributed by atoms with Crippen LogP contribution in [0.5, 0.6) is 0 Å². The standard InChI is InChI=1S/C2H2O6.4Na.4H/c3-1(4)7-8-2(5)6;;;;;;;;/h(H,3,4)(H,5,6);;;;;;;;/q;4*+1;4*-1. The molecule has 0 heterocycles. The Kier molecular flexibility index (Phi) is 46.8. The maximum absolute atomic E-state index is 9.29. The minimum absolute atomic E-state index is 0. The summed E-state index contributed by atoms with van der Waals surface area (Å²) in [5, 5.41) is 15.1. The Morgan fingerprint density at radius 1 is 0.833 bits per heavy atom. The van der Waals surface area contributed by atoms with E-state index in [4.69, 9.17) is 10.2 Å². The van der Waals surface area contributed by atoms with Crippen molar-refractivity contribution in [3.63, 3.8) is 0 Å². The van der Waals surface area contributed by atoms with Crippen molar-refractivity contribution in [3.05, 3.63) is 0 Å². The fourth-order valence-electron chi connectivity index (χ4n) is 0.0713. The predicted molar refractivity (Wildman–Crippen MR) is 22.7 cm³/mol. The van der Waals surface area contributed by atoms with Crippen molar-refractivity contribution in [2.45, 2.75) is 0 Å². The van der Waals surface area contributed by atoms with Crippen molar-refractivity contribution in [2.24, 2.45) is 0 Å². The van der Waals surface area contributed by atoms with Crippen LogP contribution in [0.1, 0.15) is 5.71 Å². The van der Waals surface area contributed by atoms with Gasteiger partial charge in [-0.15, -0.1) is 0 Å². The van der Waals surface area contributed by atoms with Gasteiger partial charge in [-0.05, 0) is 0 Å². The summed E-state index contributed by atoms with van der Waals surface area (Å²) >= 11 is 0. The first-order valence-electron chi connectivity index (χ1n) is 1.43. The average molecular weight is 218 g/mol. The molecule has 0 aliphatic rings. The van der Waals surface area contributed by atoms with Gasteiger partial charge in [0.05, 0.1) is 0 Å². The molecule has 0 saturated heterocycles. The van der Waals surface area contributed by atoms with Crippen molar-refractivity contribution >= 4 is 12.3 Å². The molecule has 0 spiro atoms. The van der Waals surface area contributed by atoms with Gasteiger partial charge in [0.2, 0.25) is 0 Å². The fraction of sp³-hybridized carbons (Fsp3) is 0. The Morgan fingerprint density at radius 2 is 1.00 bits per heavy atom. The summed E-state index contributed by atoms with van der Waals surface area (Å²) in [5.41, 5.74) is 0. The molecule has 10 heteroatoms. The molecule has 0 aromatic heterocycles. The molecule has 0 radical (unpaired) electrons. The number of hydrogen-bond donors (Lipinski definition) is 2. The van der Waals surface area contributed by atoms with Crippen LogP contribution in [0, 0.1) is 0 Å². The first kappa shape index (κ1) is 29.3. The van der Waals surface area contributed by atoms with E-state index in [1.54, 1.807) is 0 Å². The summed E-state index contributed by atoms with van der Waals surface area (Å²) in [6, 6.07) is 0. The molecule has 0 aromatic rings. The van der Waals surface area contributed by atoms with Gasteiger partial charge in [-0.2, -0.15) is 0 Å². The molecule has 0 aliphatic carbocycles. The van der Waals surface area contributed by atoms with Crippen molar-refractivity contribution < 1.29 is 154 Å². The predicted octanol–water partition coefficient (Wildman–Crippen LogP) is -11.2. The molecular formula is C2H6Na4O6. The molecule has 12 heavy (non-hydrogen) atoms. The van der Waals surface area contributed by atoms with Gasteiger partial charge in [0, 0.05) is 0 Å². The molecule has 0 fully saturated rings. The molecule has 6 nitrogen and oxygen atoms in total. The van der Waals surface area contributed by atoms with Crippen molar-refractivity contribution in [1.82, 2.24) is 0 Å². The summed E-state index contributed by atoms with van der Waals surface area (Å²) in [7, 11) is 0. The van der Waals surface area contributed by atoms with Crippen molar-refractivity contribution in [3.8, 4) is 0 Å². The minimum atomic E-state index is -1.80. The number of carbonyl (C=O) groups is 2. The zero-order chi connectivity index (χ0) is 6.57. The zero-order valence-electron chi connectivity index (χ0n) is 11.5. The van der Waals surface area contributed by atoms with E-state index in [9.17, 15) is 9.59 Å². The van der Waals surface area contributed by atoms with Crippen LogP contribution in [0.4, 0.5) is 9.59 Å². The van der Waals surface area contributed by atoms with Gasteiger partial charge in [0.1, 0.15) is 0 Å². The van der Waals surface area contributed by atoms with Crippen LogP contribution in [0.25, 0.3) is 0 Å². The van der Waals surface area contributed by atoms with Crippen LogP contribution in [0.2, 0.25) is 0 Å². The Hall–Kier alpha value is 2.54. The second-order valence-corrected chi connectivity index (χ2v) is 0.698. The largest absolute Gasteiger partial charge is 1.00 e. The molecule has 0 aliphatic heterocycles. The maximum Gasteiger partial charge on any atom is 1.00 e. The van der Waals surface area contributed by atoms with E-state index in [0.717, 1.165) is 0 Å². The summed E-state index contributed by atoms with van der Waals surface area (Å²) in [5.74, 6) is 0. The Balaban J connectivity index is -0.00000000875. The van der Waals surface area contributed by atoms with E-state index in [2.05, 4.69) is 9.78 Å². The van der Waals surface area contributed by atoms with Gasteiger partial charge in [-0.25, -0.2) is 19.4 Å². The third kappa shape index (κ3) is 29.4. The summed E-state index contributed by atoms with van der Waals surface area (Å²) in [6.45, 7) is 0. The van der Waals surface area contributed by atoms with Crippen molar-refractivity contribution in [2.75, 3.05) is 0 Å². The van der Waals surface area contributed by atoms with Crippen LogP contribution in [0.15, 0.2) is 0 Å². The van der Waals surface area contributed by atoms with Crippen LogP contribution in [0.3, 0.4) is 0 Å². The molecular weight excluding hydrogens is 212 g/mol. The number of carboxylic acid groups (broad SMARTS) is 2. The molecule has 0 saturated carbocycles. The summed E-state index contributed by atoms with van der Waals surface area (Å²) in [6.07, 6.45) is -3.60. The van der Waals surface area contributed by atoms with Gasteiger partial charge in [-0.1, -0.05) is 0 Å². The molecule has 0 atom stereocenters. The van der Waals surface area contributed by atoms with E-state index in [1.807, 2.05) is 0 Å². The molecule has 2 N–H and O–H groups in total. The summed E-state index contributed by atoms with van der Waals surface area (Å²) < 4.78 is 0. The molecule has 0 rings (SSSR count). The molecule has 54 valence electrons. The van der Waals surface area contributed by atoms with Crippen molar-refractivity contribution in [1.29, 1.82) is 0 Å². The number of rotatable bonds is 0. The van der Waals surface area contributed by atoms with E-state index >= 15 is 0 Å². The smallest absolute Gasteiger partial charge is 1.00 e. The Labute approximate surface area is 163 Å². The van der Waals surface area contributed by atoms with E-state index < -0.39 is 12.3 Å². The van der Waals surface area contributed by atoms with Gasteiger partial charge in [0.15, 0.2) is 0 Å². The third-order valence-electron chi connectivity index (χ3n) is 0.184. The van der Waals surface area contributed by atoms with E-state index in [1.165, 1.54) is 0 Å². The Bertz CT molecular complexity index is 115. The van der Waals surface area contributed by atoms with Crippen LogP contribution < -0.4 is 118 Å². The average Bonchev–Trinajstić information content (AvgIpc) is 1.61. The topological polar surface area (TPSA) is 93.1 Å². The van der Waals surface area contributed by atoms with Crippen LogP contribution >= 0.6 is 0 Å². The normalized spacial score (nSPS) is 5.00. The molecule has 0 aromatic carbocycles.